The third-order valence-electron chi connectivity index (χ3n) is 15.4. The van der Waals surface area contributed by atoms with E-state index >= 15 is 0 Å². The summed E-state index contributed by atoms with van der Waals surface area (Å²) in [6, 6.07) is 107. The van der Waals surface area contributed by atoms with Crippen molar-refractivity contribution in [2.75, 3.05) is 0 Å². The summed E-state index contributed by atoms with van der Waals surface area (Å²) in [5.74, 6) is 0. The second kappa shape index (κ2) is 24.3. The molecule has 396 valence electrons. The highest BCUT2D eigenvalue weighted by Crippen LogP contribution is 2.36. The molecule has 0 atom stereocenters. The summed E-state index contributed by atoms with van der Waals surface area (Å²) < 4.78 is 15.3. The van der Waals surface area contributed by atoms with Gasteiger partial charge in [-0.1, -0.05) is 303 Å². The molecule has 12 aromatic carbocycles. The molecule has 0 aliphatic rings. The van der Waals surface area contributed by atoms with Crippen molar-refractivity contribution in [3.05, 3.63) is 317 Å². The summed E-state index contributed by atoms with van der Waals surface area (Å²) in [5.41, 5.74) is 5.83. The van der Waals surface area contributed by atoms with Crippen LogP contribution in [-0.2, 0) is 0 Å². The van der Waals surface area contributed by atoms with Crippen molar-refractivity contribution in [1.29, 1.82) is 0 Å². The Labute approximate surface area is 504 Å². The Bertz CT molecular complexity index is 4300. The van der Waals surface area contributed by atoms with E-state index in [-0.39, 0.29) is 0 Å². The van der Waals surface area contributed by atoms with E-state index in [9.17, 15) is 10.0 Å². The van der Waals surface area contributed by atoms with Crippen LogP contribution in [0.5, 0.6) is 0 Å². The average molecular weight is 1290 g/mol. The monoisotopic (exact) mass is 1280 g/mol. The Balaban J connectivity index is 0.000000133. The summed E-state index contributed by atoms with van der Waals surface area (Å²) >= 11 is 10.9. The van der Waals surface area contributed by atoms with E-state index in [1.54, 1.807) is 12.1 Å². The predicted molar refractivity (Wildman–Crippen MR) is 359 cm³/mol. The molecule has 10 heteroatoms. The van der Waals surface area contributed by atoms with Gasteiger partial charge in [0.1, 0.15) is 22.3 Å². The number of rotatable bonds is 10. The lowest BCUT2D eigenvalue weighted by Gasteiger charge is -2.34. The Morgan fingerprint density at radius 2 is 0.561 bits per heavy atom. The van der Waals surface area contributed by atoms with Gasteiger partial charge in [0, 0.05) is 46.0 Å². The van der Waals surface area contributed by atoms with Gasteiger partial charge in [0.25, 0.3) is 0 Å². The third kappa shape index (κ3) is 10.5. The Morgan fingerprint density at radius 3 is 0.939 bits per heavy atom. The first-order valence-corrected chi connectivity index (χ1v) is 33.4. The number of para-hydroxylation sites is 4. The maximum absolute atomic E-state index is 9.24. The van der Waals surface area contributed by atoms with Crippen LogP contribution in [0.3, 0.4) is 0 Å². The molecule has 4 nitrogen and oxygen atoms in total. The smallest absolute Gasteiger partial charge is 0.456 e. The number of hydrogen-bond donors (Lipinski definition) is 2. The van der Waals surface area contributed by atoms with Gasteiger partial charge in [-0.2, -0.15) is 0 Å². The van der Waals surface area contributed by atoms with Crippen molar-refractivity contribution in [3.63, 3.8) is 0 Å². The van der Waals surface area contributed by atoms with Crippen molar-refractivity contribution in [2.24, 2.45) is 0 Å². The van der Waals surface area contributed by atoms with Crippen LogP contribution in [0.1, 0.15) is 0 Å². The lowest BCUT2D eigenvalue weighted by molar-refractivity contribution is 0.425. The van der Waals surface area contributed by atoms with E-state index in [0.29, 0.717) is 11.0 Å². The van der Waals surface area contributed by atoms with Crippen LogP contribution in [0.4, 0.5) is 0 Å². The third-order valence-corrected chi connectivity index (χ3v) is 26.6. The largest absolute Gasteiger partial charge is 0.492 e. The summed E-state index contributed by atoms with van der Waals surface area (Å²) in [6.07, 6.45) is 0. The first kappa shape index (κ1) is 54.7. The standard InChI is InChI=1S/C36H25BrOSi.C24H18Br2Si.C12H9BO3/c37-27-20-24-31(25-21-27)39(28-10-3-1-4-11-28,29-12-5-2-6-13-29)30-22-18-26(19-23-30)32-15-9-16-34-33-14-7-8-17-35(33)38-36(32)34;25-19-11-15-23(16-12-19)27(21-7-3-1-4-8-21,22-9-5-2-6-10-22)24-17-13-20(26)14-18-24;14-13(15)10-6-3-5-9-8-4-1-2-7-11(8)16-12(9)10/h1-25H;1-18H;1-7,14-15H. The summed E-state index contributed by atoms with van der Waals surface area (Å²) in [7, 11) is -6.47. The Hall–Kier alpha value is -7.90. The zero-order valence-corrected chi connectivity index (χ0v) is 51.0. The number of furan rings is 2. The van der Waals surface area contributed by atoms with Crippen LogP contribution >= 0.6 is 47.8 Å². The molecule has 0 aliphatic carbocycles. The minimum Gasteiger partial charge on any atom is -0.456 e. The topological polar surface area (TPSA) is 66.7 Å². The van der Waals surface area contributed by atoms with Crippen LogP contribution in [0.2, 0.25) is 0 Å². The zero-order valence-electron chi connectivity index (χ0n) is 44.3. The number of halogens is 3. The van der Waals surface area contributed by atoms with Crippen molar-refractivity contribution < 1.29 is 18.9 Å². The molecule has 0 fully saturated rings. The molecule has 2 N–H and O–H groups in total. The second-order valence-corrected chi connectivity index (χ2v) is 30.4. The van der Waals surface area contributed by atoms with E-state index in [4.69, 9.17) is 8.83 Å². The Kier molecular flexibility index (Phi) is 16.2. The molecule has 14 rings (SSSR count). The number of benzene rings is 12. The molecular weight excluding hydrogens is 1240 g/mol. The first-order chi connectivity index (χ1) is 40.2. The van der Waals surface area contributed by atoms with Crippen molar-refractivity contribution in [3.8, 4) is 11.1 Å². The normalized spacial score (nSPS) is 11.5. The molecule has 0 bridgehead atoms. The van der Waals surface area contributed by atoms with Gasteiger partial charge < -0.3 is 18.9 Å². The van der Waals surface area contributed by atoms with Crippen molar-refractivity contribution in [1.82, 2.24) is 0 Å². The lowest BCUT2D eigenvalue weighted by Crippen LogP contribution is -2.74. The van der Waals surface area contributed by atoms with E-state index in [1.807, 2.05) is 42.5 Å². The van der Waals surface area contributed by atoms with Gasteiger partial charge >= 0.3 is 7.12 Å². The minimum atomic E-state index is -2.57. The lowest BCUT2D eigenvalue weighted by atomic mass is 9.79. The van der Waals surface area contributed by atoms with Gasteiger partial charge in [0.05, 0.1) is 0 Å². The first-order valence-electron chi connectivity index (χ1n) is 27.0. The van der Waals surface area contributed by atoms with Gasteiger partial charge in [0.15, 0.2) is 16.1 Å². The van der Waals surface area contributed by atoms with Crippen LogP contribution < -0.4 is 47.0 Å². The molecule has 14 aromatic rings. The average Bonchev–Trinajstić information content (AvgIpc) is 3.85. The van der Waals surface area contributed by atoms with Crippen molar-refractivity contribution in [2.45, 2.75) is 0 Å². The van der Waals surface area contributed by atoms with Gasteiger partial charge in [-0.3, -0.25) is 0 Å². The van der Waals surface area contributed by atoms with Crippen LogP contribution in [0.15, 0.2) is 326 Å². The predicted octanol–water partition coefficient (Wildman–Crippen LogP) is 13.2. The van der Waals surface area contributed by atoms with Gasteiger partial charge in [0.2, 0.25) is 0 Å². The highest BCUT2D eigenvalue weighted by atomic mass is 79.9. The molecule has 0 amide bonds. The molecule has 2 heterocycles. The van der Waals surface area contributed by atoms with Gasteiger partial charge in [-0.05, 0) is 95.6 Å². The van der Waals surface area contributed by atoms with E-state index in [1.165, 1.54) is 41.5 Å². The number of hydrogen-bond acceptors (Lipinski definition) is 4. The summed E-state index contributed by atoms with van der Waals surface area (Å²) in [5, 5.41) is 33.7. The molecular formula is C72H52BBr3O4Si2. The molecule has 0 radical (unpaired) electrons. The van der Waals surface area contributed by atoms with E-state index in [0.717, 1.165) is 62.8 Å². The summed E-state index contributed by atoms with van der Waals surface area (Å²) in [4.78, 5) is 0. The minimum absolute atomic E-state index is 0.397. The quantitative estimate of drug-likeness (QED) is 0.106. The molecule has 0 saturated heterocycles. The fraction of sp³-hybridized carbons (Fsp3) is 0. The summed E-state index contributed by atoms with van der Waals surface area (Å²) in [6.45, 7) is 0. The maximum atomic E-state index is 9.24. The van der Waals surface area contributed by atoms with Crippen LogP contribution in [0, 0.1) is 0 Å². The molecule has 2 aromatic heterocycles. The highest BCUT2D eigenvalue weighted by molar-refractivity contribution is 9.11. The highest BCUT2D eigenvalue weighted by Gasteiger charge is 2.42. The fourth-order valence-corrected chi connectivity index (χ4v) is 21.9. The Morgan fingerprint density at radius 1 is 0.268 bits per heavy atom. The maximum Gasteiger partial charge on any atom is 0.492 e. The van der Waals surface area contributed by atoms with Crippen LogP contribution in [-0.4, -0.2) is 33.3 Å². The molecule has 82 heavy (non-hydrogen) atoms. The van der Waals surface area contributed by atoms with E-state index in [2.05, 4.69) is 297 Å². The molecule has 0 aliphatic heterocycles. The fourth-order valence-electron chi connectivity index (χ4n) is 11.7. The van der Waals surface area contributed by atoms with Gasteiger partial charge in [-0.15, -0.1) is 0 Å². The van der Waals surface area contributed by atoms with Crippen LogP contribution in [0.25, 0.3) is 55.0 Å². The molecule has 0 unspecified atom stereocenters. The number of fused-ring (bicyclic) bond motifs is 6. The van der Waals surface area contributed by atoms with Gasteiger partial charge in [-0.25, -0.2) is 0 Å². The molecule has 0 saturated carbocycles. The second-order valence-electron chi connectivity index (χ2n) is 20.0. The SMILES string of the molecule is Brc1ccc([Si](c2ccccc2)(c2ccccc2)c2ccc(-c3cccc4c3oc3ccccc34)cc2)cc1.Brc1ccc([Si](c2ccccc2)(c2ccccc2)c2ccc(Br)cc2)cc1.OB(O)c1cccc2c1oc1ccccc12. The zero-order chi connectivity index (χ0) is 56.0. The van der Waals surface area contributed by atoms with Crippen molar-refractivity contribution >= 4 is 162 Å². The van der Waals surface area contributed by atoms with E-state index < -0.39 is 23.3 Å². The molecule has 0 spiro atoms.